The number of nitrogens with zero attached hydrogens (tertiary/aromatic N) is 3. The molecule has 2 heterocycles. The fraction of sp³-hybridized carbons (Fsp3) is 0.579. The van der Waals surface area contributed by atoms with E-state index in [0.717, 1.165) is 49.6 Å². The van der Waals surface area contributed by atoms with Crippen LogP contribution in [0.15, 0.2) is 18.2 Å². The van der Waals surface area contributed by atoms with Crippen molar-refractivity contribution in [1.82, 2.24) is 20.1 Å². The summed E-state index contributed by atoms with van der Waals surface area (Å²) in [6.07, 6.45) is 5.64. The van der Waals surface area contributed by atoms with E-state index in [4.69, 9.17) is 14.5 Å². The summed E-state index contributed by atoms with van der Waals surface area (Å²) >= 11 is 0. The van der Waals surface area contributed by atoms with Crippen LogP contribution in [-0.2, 0) is 24.3 Å². The summed E-state index contributed by atoms with van der Waals surface area (Å²) in [4.78, 5) is 4.72. The van der Waals surface area contributed by atoms with Gasteiger partial charge in [-0.15, -0.1) is 0 Å². The van der Waals surface area contributed by atoms with E-state index in [0.29, 0.717) is 12.6 Å². The van der Waals surface area contributed by atoms with Gasteiger partial charge in [-0.2, -0.15) is 5.10 Å². The molecule has 0 fully saturated rings. The zero-order valence-electron chi connectivity index (χ0n) is 15.0. The first kappa shape index (κ1) is 16.5. The van der Waals surface area contributed by atoms with Gasteiger partial charge in [0.2, 0.25) is 0 Å². The van der Waals surface area contributed by atoms with Crippen molar-refractivity contribution in [2.75, 3.05) is 14.2 Å². The number of benzene rings is 1. The number of aromatic nitrogens is 3. The quantitative estimate of drug-likeness (QED) is 0.905. The zero-order chi connectivity index (χ0) is 17.2. The minimum Gasteiger partial charge on any atom is -0.496 e. The van der Waals surface area contributed by atoms with Crippen LogP contribution in [-0.4, -0.2) is 29.0 Å². The SMILES string of the molecule is COCc1nc2n(n1)CCC[C@H]2N[C@@H]1CCCc2c(OC)cccc21. The lowest BCUT2D eigenvalue weighted by atomic mass is 9.86. The fourth-order valence-corrected chi connectivity index (χ4v) is 4.17. The van der Waals surface area contributed by atoms with E-state index in [1.165, 1.54) is 17.5 Å². The second kappa shape index (κ2) is 7.14. The molecule has 1 aromatic carbocycles. The summed E-state index contributed by atoms with van der Waals surface area (Å²) in [5, 5.41) is 8.43. The third kappa shape index (κ3) is 3.16. The van der Waals surface area contributed by atoms with Crippen LogP contribution in [0.3, 0.4) is 0 Å². The van der Waals surface area contributed by atoms with Gasteiger partial charge in [0, 0.05) is 19.7 Å². The molecule has 1 aliphatic heterocycles. The predicted octanol–water partition coefficient (Wildman–Crippen LogP) is 2.94. The molecule has 1 aromatic heterocycles. The zero-order valence-corrected chi connectivity index (χ0v) is 15.0. The molecule has 6 nitrogen and oxygen atoms in total. The number of hydrogen-bond acceptors (Lipinski definition) is 5. The van der Waals surface area contributed by atoms with Crippen molar-refractivity contribution in [2.24, 2.45) is 0 Å². The fourth-order valence-electron chi connectivity index (χ4n) is 4.17. The van der Waals surface area contributed by atoms with Gasteiger partial charge in [-0.3, -0.25) is 0 Å². The van der Waals surface area contributed by atoms with E-state index in [2.05, 4.69) is 28.6 Å². The van der Waals surface area contributed by atoms with Gasteiger partial charge in [-0.1, -0.05) is 12.1 Å². The lowest BCUT2D eigenvalue weighted by molar-refractivity contribution is 0.177. The molecule has 0 saturated carbocycles. The normalized spacial score (nSPS) is 22.3. The molecular weight excluding hydrogens is 316 g/mol. The average molecular weight is 342 g/mol. The highest BCUT2D eigenvalue weighted by molar-refractivity contribution is 5.43. The van der Waals surface area contributed by atoms with Gasteiger partial charge in [0.05, 0.1) is 13.2 Å². The highest BCUT2D eigenvalue weighted by Gasteiger charge is 2.29. The Bertz CT molecular complexity index is 743. The number of methoxy groups -OCH3 is 2. The number of fused-ring (bicyclic) bond motifs is 2. The minimum atomic E-state index is 0.244. The molecule has 4 rings (SSSR count). The van der Waals surface area contributed by atoms with Gasteiger partial charge >= 0.3 is 0 Å². The Labute approximate surface area is 148 Å². The second-order valence-corrected chi connectivity index (χ2v) is 6.88. The van der Waals surface area contributed by atoms with Crippen LogP contribution in [0.2, 0.25) is 0 Å². The first-order valence-electron chi connectivity index (χ1n) is 9.14. The van der Waals surface area contributed by atoms with Crippen LogP contribution in [0, 0.1) is 0 Å². The number of nitrogens with one attached hydrogen (secondary N) is 1. The highest BCUT2D eigenvalue weighted by Crippen LogP contribution is 2.37. The summed E-state index contributed by atoms with van der Waals surface area (Å²) in [6, 6.07) is 6.98. The predicted molar refractivity (Wildman–Crippen MR) is 94.5 cm³/mol. The van der Waals surface area contributed by atoms with E-state index < -0.39 is 0 Å². The summed E-state index contributed by atoms with van der Waals surface area (Å²) in [5.74, 6) is 2.84. The van der Waals surface area contributed by atoms with Crippen molar-refractivity contribution >= 4 is 0 Å². The van der Waals surface area contributed by atoms with Crippen LogP contribution < -0.4 is 10.1 Å². The Balaban J connectivity index is 1.59. The third-order valence-corrected chi connectivity index (χ3v) is 5.28. The molecule has 0 saturated heterocycles. The van der Waals surface area contributed by atoms with E-state index >= 15 is 0 Å². The molecule has 1 aliphatic carbocycles. The van der Waals surface area contributed by atoms with E-state index in [9.17, 15) is 0 Å². The molecule has 0 amide bonds. The molecule has 2 aromatic rings. The Morgan fingerprint density at radius 2 is 2.08 bits per heavy atom. The summed E-state index contributed by atoms with van der Waals surface area (Å²) in [7, 11) is 3.44. The smallest absolute Gasteiger partial charge is 0.176 e. The molecular formula is C19H26N4O2. The molecule has 134 valence electrons. The Morgan fingerprint density at radius 3 is 2.92 bits per heavy atom. The van der Waals surface area contributed by atoms with E-state index in [-0.39, 0.29) is 6.04 Å². The standard InChI is InChI=1S/C19H26N4O2/c1-24-12-18-21-19-16(9-5-11-23(19)22-18)20-15-8-3-7-14-13(15)6-4-10-17(14)25-2/h4,6,10,15-16,20H,3,5,7-9,11-12H2,1-2H3/t15-,16-/m1/s1. The minimum absolute atomic E-state index is 0.244. The van der Waals surface area contributed by atoms with Crippen LogP contribution in [0.4, 0.5) is 0 Å². The molecule has 0 bridgehead atoms. The van der Waals surface area contributed by atoms with Crippen molar-refractivity contribution in [2.45, 2.75) is 57.3 Å². The van der Waals surface area contributed by atoms with Crippen LogP contribution >= 0.6 is 0 Å². The Hall–Kier alpha value is -1.92. The molecule has 1 N–H and O–H groups in total. The molecule has 0 spiro atoms. The number of rotatable bonds is 5. The number of hydrogen-bond donors (Lipinski definition) is 1. The largest absolute Gasteiger partial charge is 0.496 e. The maximum absolute atomic E-state index is 5.57. The summed E-state index contributed by atoms with van der Waals surface area (Å²) in [6.45, 7) is 1.41. The van der Waals surface area contributed by atoms with Crippen molar-refractivity contribution in [1.29, 1.82) is 0 Å². The topological polar surface area (TPSA) is 61.2 Å². The Kier molecular flexibility index (Phi) is 4.72. The first-order valence-corrected chi connectivity index (χ1v) is 9.14. The Morgan fingerprint density at radius 1 is 1.20 bits per heavy atom. The van der Waals surface area contributed by atoms with Crippen molar-refractivity contribution < 1.29 is 9.47 Å². The van der Waals surface area contributed by atoms with Gasteiger partial charge < -0.3 is 14.8 Å². The lowest BCUT2D eigenvalue weighted by Gasteiger charge is -2.32. The van der Waals surface area contributed by atoms with Gasteiger partial charge in [0.1, 0.15) is 18.2 Å². The monoisotopic (exact) mass is 342 g/mol. The molecule has 0 radical (unpaired) electrons. The van der Waals surface area contributed by atoms with Gasteiger partial charge in [0.15, 0.2) is 5.82 Å². The third-order valence-electron chi connectivity index (χ3n) is 5.28. The molecule has 25 heavy (non-hydrogen) atoms. The van der Waals surface area contributed by atoms with Crippen molar-refractivity contribution in [3.63, 3.8) is 0 Å². The van der Waals surface area contributed by atoms with Crippen molar-refractivity contribution in [3.8, 4) is 5.75 Å². The molecule has 0 unspecified atom stereocenters. The van der Waals surface area contributed by atoms with Crippen molar-refractivity contribution in [3.05, 3.63) is 41.0 Å². The average Bonchev–Trinajstić information content (AvgIpc) is 3.05. The van der Waals surface area contributed by atoms with Crippen LogP contribution in [0.5, 0.6) is 5.75 Å². The molecule has 6 heteroatoms. The van der Waals surface area contributed by atoms with Crippen LogP contribution in [0.1, 0.15) is 60.5 Å². The van der Waals surface area contributed by atoms with Gasteiger partial charge in [0.25, 0.3) is 0 Å². The van der Waals surface area contributed by atoms with Crippen LogP contribution in [0.25, 0.3) is 0 Å². The van der Waals surface area contributed by atoms with E-state index in [1.54, 1.807) is 14.2 Å². The summed E-state index contributed by atoms with van der Waals surface area (Å²) < 4.78 is 12.8. The maximum atomic E-state index is 5.57. The molecule has 2 atom stereocenters. The van der Waals surface area contributed by atoms with Gasteiger partial charge in [-0.05, 0) is 49.3 Å². The second-order valence-electron chi connectivity index (χ2n) is 6.88. The van der Waals surface area contributed by atoms with E-state index in [1.807, 2.05) is 4.68 Å². The maximum Gasteiger partial charge on any atom is 0.176 e. The lowest BCUT2D eigenvalue weighted by Crippen LogP contribution is -2.33. The first-order chi connectivity index (χ1) is 12.3. The molecule has 2 aliphatic rings. The van der Waals surface area contributed by atoms with Gasteiger partial charge in [-0.25, -0.2) is 9.67 Å². The number of ether oxygens (including phenoxy) is 2. The highest BCUT2D eigenvalue weighted by atomic mass is 16.5. The summed E-state index contributed by atoms with van der Waals surface area (Å²) in [5.41, 5.74) is 2.73. The number of aryl methyl sites for hydroxylation is 1.